The van der Waals surface area contributed by atoms with Crippen LogP contribution < -0.4 is 10.8 Å². The minimum Gasteiger partial charge on any atom is -0.399 e. The summed E-state index contributed by atoms with van der Waals surface area (Å²) in [5, 5.41) is 3.28. The Bertz CT molecular complexity index is 472. The van der Waals surface area contributed by atoms with Crippen molar-refractivity contribution in [2.75, 3.05) is 11.9 Å². The normalized spacial score (nSPS) is 23.9. The minimum absolute atomic E-state index is 0.286. The van der Waals surface area contributed by atoms with Crippen LogP contribution in [-0.2, 0) is 15.7 Å². The van der Waals surface area contributed by atoms with Gasteiger partial charge in [-0.05, 0) is 51.2 Å². The van der Waals surface area contributed by atoms with E-state index in [2.05, 4.69) is 38.0 Å². The van der Waals surface area contributed by atoms with Crippen LogP contribution in [0.15, 0.2) is 12.3 Å². The smallest absolute Gasteiger partial charge is 0.399 e. The highest BCUT2D eigenvalue weighted by Gasteiger charge is 2.52. The van der Waals surface area contributed by atoms with E-state index in [0.717, 1.165) is 24.2 Å². The first-order valence-corrected chi connectivity index (χ1v) is 6.48. The van der Waals surface area contributed by atoms with Gasteiger partial charge in [0, 0.05) is 12.7 Å². The van der Waals surface area contributed by atoms with Gasteiger partial charge in [0.2, 0.25) is 0 Å². The van der Waals surface area contributed by atoms with Crippen LogP contribution in [0.2, 0.25) is 0 Å². The molecule has 5 heteroatoms. The average molecular weight is 246 g/mol. The van der Waals surface area contributed by atoms with Crippen molar-refractivity contribution in [2.45, 2.75) is 45.3 Å². The summed E-state index contributed by atoms with van der Waals surface area (Å²) in [4.78, 5) is 4.34. The highest BCUT2D eigenvalue weighted by Crippen LogP contribution is 2.37. The number of rotatable bonds is 1. The summed E-state index contributed by atoms with van der Waals surface area (Å²) >= 11 is 0. The Morgan fingerprint density at radius 2 is 1.89 bits per heavy atom. The van der Waals surface area contributed by atoms with Gasteiger partial charge in [0.05, 0.1) is 11.2 Å². The predicted octanol–water partition coefficient (Wildman–Crippen LogP) is 1.35. The van der Waals surface area contributed by atoms with Gasteiger partial charge in [0.15, 0.2) is 0 Å². The van der Waals surface area contributed by atoms with Crippen LogP contribution in [0.1, 0.15) is 33.3 Å². The van der Waals surface area contributed by atoms with E-state index in [9.17, 15) is 0 Å². The standard InChI is InChI=1S/C13H19BN2O2/c1-12(2)13(3,4)18-14(17-12)10-6-8-16-11-9(10)5-7-15-11/h6,8H,5,7H2,1-4H3,(H,15,16). The third-order valence-corrected chi connectivity index (χ3v) is 4.27. The molecule has 0 spiro atoms. The SMILES string of the molecule is CC1(C)OB(c2ccnc3c2CCN3)OC1(C)C. The van der Waals surface area contributed by atoms with Crippen molar-refractivity contribution in [3.8, 4) is 0 Å². The first-order chi connectivity index (χ1) is 8.41. The maximum atomic E-state index is 6.10. The Labute approximate surface area is 108 Å². The average Bonchev–Trinajstić information content (AvgIpc) is 2.81. The number of nitrogens with zero attached hydrogens (tertiary/aromatic N) is 1. The van der Waals surface area contributed by atoms with Crippen LogP contribution in [0.4, 0.5) is 5.82 Å². The largest absolute Gasteiger partial charge is 0.495 e. The second kappa shape index (κ2) is 3.71. The Morgan fingerprint density at radius 3 is 2.56 bits per heavy atom. The number of fused-ring (bicyclic) bond motifs is 1. The van der Waals surface area contributed by atoms with E-state index in [1.807, 2.05) is 12.3 Å². The molecule has 0 amide bonds. The highest BCUT2D eigenvalue weighted by atomic mass is 16.7. The van der Waals surface area contributed by atoms with Gasteiger partial charge in [-0.15, -0.1) is 0 Å². The molecule has 0 bridgehead atoms. The summed E-state index contributed by atoms with van der Waals surface area (Å²) in [6, 6.07) is 2.01. The molecule has 1 saturated heterocycles. The molecule has 1 N–H and O–H groups in total. The predicted molar refractivity (Wildman–Crippen MR) is 72.1 cm³/mol. The van der Waals surface area contributed by atoms with Gasteiger partial charge in [-0.25, -0.2) is 4.98 Å². The Kier molecular flexibility index (Phi) is 2.47. The summed E-state index contributed by atoms with van der Waals surface area (Å²) < 4.78 is 12.2. The lowest BCUT2D eigenvalue weighted by Crippen LogP contribution is -2.41. The molecule has 0 atom stereocenters. The van der Waals surface area contributed by atoms with Gasteiger partial charge in [0.1, 0.15) is 5.82 Å². The van der Waals surface area contributed by atoms with Crippen molar-refractivity contribution in [2.24, 2.45) is 0 Å². The molecular weight excluding hydrogens is 227 g/mol. The van der Waals surface area contributed by atoms with E-state index in [-0.39, 0.29) is 18.3 Å². The minimum atomic E-state index is -0.292. The zero-order valence-electron chi connectivity index (χ0n) is 11.4. The number of hydrogen-bond acceptors (Lipinski definition) is 4. The lowest BCUT2D eigenvalue weighted by Gasteiger charge is -2.32. The Balaban J connectivity index is 1.97. The van der Waals surface area contributed by atoms with E-state index in [0.29, 0.717) is 0 Å². The molecule has 2 aliphatic heterocycles. The summed E-state index contributed by atoms with van der Waals surface area (Å²) in [5.41, 5.74) is 1.76. The quantitative estimate of drug-likeness (QED) is 0.759. The van der Waals surface area contributed by atoms with Crippen molar-refractivity contribution in [3.63, 3.8) is 0 Å². The molecule has 0 aliphatic carbocycles. The molecule has 0 unspecified atom stereocenters. The zero-order valence-corrected chi connectivity index (χ0v) is 11.4. The lowest BCUT2D eigenvalue weighted by atomic mass is 9.76. The first-order valence-electron chi connectivity index (χ1n) is 6.48. The van der Waals surface area contributed by atoms with Crippen LogP contribution in [0.3, 0.4) is 0 Å². The Morgan fingerprint density at radius 1 is 1.22 bits per heavy atom. The fraction of sp³-hybridized carbons (Fsp3) is 0.615. The molecule has 3 heterocycles. The number of pyridine rings is 1. The van der Waals surface area contributed by atoms with Crippen LogP contribution in [-0.4, -0.2) is 29.8 Å². The summed E-state index contributed by atoms with van der Waals surface area (Å²) in [6.07, 6.45) is 2.81. The van der Waals surface area contributed by atoms with Crippen molar-refractivity contribution in [1.29, 1.82) is 0 Å². The molecule has 0 radical (unpaired) electrons. The Hall–Kier alpha value is -1.07. The molecule has 1 aromatic heterocycles. The van der Waals surface area contributed by atoms with Crippen molar-refractivity contribution in [1.82, 2.24) is 4.98 Å². The van der Waals surface area contributed by atoms with Gasteiger partial charge < -0.3 is 14.6 Å². The molecule has 1 fully saturated rings. The summed E-state index contributed by atoms with van der Waals surface area (Å²) in [5.74, 6) is 0.974. The molecule has 1 aromatic rings. The fourth-order valence-electron chi connectivity index (χ4n) is 2.42. The summed E-state index contributed by atoms with van der Waals surface area (Å²) in [6.45, 7) is 9.25. The van der Waals surface area contributed by atoms with E-state index < -0.39 is 0 Å². The van der Waals surface area contributed by atoms with Gasteiger partial charge in [-0.2, -0.15) is 0 Å². The van der Waals surface area contributed by atoms with E-state index in [1.54, 1.807) is 0 Å². The third-order valence-electron chi connectivity index (χ3n) is 4.27. The summed E-state index contributed by atoms with van der Waals surface area (Å²) in [7, 11) is -0.286. The first kappa shape index (κ1) is 12.0. The van der Waals surface area contributed by atoms with Gasteiger partial charge >= 0.3 is 7.12 Å². The lowest BCUT2D eigenvalue weighted by molar-refractivity contribution is 0.00578. The molecule has 0 saturated carbocycles. The fourth-order valence-corrected chi connectivity index (χ4v) is 2.42. The molecule has 0 aromatic carbocycles. The van der Waals surface area contributed by atoms with Crippen molar-refractivity contribution < 1.29 is 9.31 Å². The maximum absolute atomic E-state index is 6.10. The third kappa shape index (κ3) is 1.65. The topological polar surface area (TPSA) is 43.4 Å². The van der Waals surface area contributed by atoms with Crippen LogP contribution in [0.5, 0.6) is 0 Å². The second-order valence-corrected chi connectivity index (χ2v) is 5.99. The van der Waals surface area contributed by atoms with Crippen LogP contribution in [0.25, 0.3) is 0 Å². The highest BCUT2D eigenvalue weighted by molar-refractivity contribution is 6.62. The monoisotopic (exact) mass is 246 g/mol. The molecule has 3 rings (SSSR count). The molecule has 96 valence electrons. The molecule has 4 nitrogen and oxygen atoms in total. The van der Waals surface area contributed by atoms with Gasteiger partial charge in [-0.1, -0.05) is 0 Å². The van der Waals surface area contributed by atoms with Crippen molar-refractivity contribution in [3.05, 3.63) is 17.8 Å². The zero-order chi connectivity index (χ0) is 13.0. The van der Waals surface area contributed by atoms with E-state index in [4.69, 9.17) is 9.31 Å². The molecular formula is C13H19BN2O2. The number of anilines is 1. The maximum Gasteiger partial charge on any atom is 0.495 e. The van der Waals surface area contributed by atoms with E-state index >= 15 is 0 Å². The van der Waals surface area contributed by atoms with Crippen LogP contribution >= 0.6 is 0 Å². The van der Waals surface area contributed by atoms with E-state index in [1.165, 1.54) is 5.56 Å². The molecule has 2 aliphatic rings. The number of aromatic nitrogens is 1. The van der Waals surface area contributed by atoms with Gasteiger partial charge in [-0.3, -0.25) is 0 Å². The number of nitrogens with one attached hydrogen (secondary N) is 1. The van der Waals surface area contributed by atoms with Crippen LogP contribution in [0, 0.1) is 0 Å². The van der Waals surface area contributed by atoms with Crippen molar-refractivity contribution >= 4 is 18.4 Å². The molecule has 18 heavy (non-hydrogen) atoms. The van der Waals surface area contributed by atoms with Gasteiger partial charge in [0.25, 0.3) is 0 Å². The second-order valence-electron chi connectivity index (χ2n) is 5.99. The number of hydrogen-bond donors (Lipinski definition) is 1.